The zero-order chi connectivity index (χ0) is 25.1. The first-order valence-corrected chi connectivity index (χ1v) is 11.4. The summed E-state index contributed by atoms with van der Waals surface area (Å²) in [5.41, 5.74) is 2.35. The molecule has 0 fully saturated rings. The molecule has 1 aromatic heterocycles. The summed E-state index contributed by atoms with van der Waals surface area (Å²) in [4.78, 5) is 16.9. The molecule has 5 aromatic rings. The summed E-state index contributed by atoms with van der Waals surface area (Å²) < 4.78 is 7.01. The number of benzene rings is 4. The van der Waals surface area contributed by atoms with Gasteiger partial charge in [0, 0.05) is 5.56 Å². The van der Waals surface area contributed by atoms with Crippen molar-refractivity contribution in [3.8, 4) is 28.6 Å². The number of nitrogens with zero attached hydrogens (tertiary/aromatic N) is 3. The van der Waals surface area contributed by atoms with Gasteiger partial charge in [0.1, 0.15) is 11.5 Å². The molecule has 180 valence electrons. The molecule has 0 bridgehead atoms. The van der Waals surface area contributed by atoms with E-state index >= 15 is 0 Å². The third kappa shape index (κ3) is 4.95. The zero-order valence-electron chi connectivity index (χ0n) is 19.5. The summed E-state index contributed by atoms with van der Waals surface area (Å²) in [6.45, 7) is 1.61. The quantitative estimate of drug-likeness (QED) is 0.181. The summed E-state index contributed by atoms with van der Waals surface area (Å²) in [5, 5.41) is 29.7. The Morgan fingerprint density at radius 3 is 2.53 bits per heavy atom. The summed E-state index contributed by atoms with van der Waals surface area (Å²) in [6, 6.07) is 27.5. The van der Waals surface area contributed by atoms with Gasteiger partial charge in [0.2, 0.25) is 0 Å². The number of aromatic hydroxyl groups is 1. The molecule has 1 heterocycles. The number of aliphatic hydroxyl groups is 1. The number of ether oxygens (including phenoxy) is 1. The van der Waals surface area contributed by atoms with Crippen molar-refractivity contribution in [3.05, 3.63) is 102 Å². The van der Waals surface area contributed by atoms with E-state index in [2.05, 4.69) is 15.4 Å². The van der Waals surface area contributed by atoms with E-state index in [1.807, 2.05) is 73.7 Å². The molecule has 3 N–H and O–H groups in total. The Morgan fingerprint density at radius 2 is 1.72 bits per heavy atom. The fraction of sp³-hybridized carbons (Fsp3) is 0.107. The highest BCUT2D eigenvalue weighted by Gasteiger charge is 2.20. The third-order valence-electron chi connectivity index (χ3n) is 5.71. The number of aromatic nitrogens is 3. The average Bonchev–Trinajstić information content (AvgIpc) is 3.34. The standard InChI is InChI=1S/C28H24N4O4/c1-18-7-5-6-10-24(18)36-25(34)17-29-28(35)26-30-27(32(31-26)22-8-3-2-4-9-22)20-12-11-19-13-14-23(33)16-21(19)15-20/h2-16,28-29,33,35H,17H2,1H3. The molecule has 36 heavy (non-hydrogen) atoms. The first-order chi connectivity index (χ1) is 17.5. The Balaban J connectivity index is 1.42. The van der Waals surface area contributed by atoms with Crippen LogP contribution in [0.15, 0.2) is 91.0 Å². The van der Waals surface area contributed by atoms with Crippen LogP contribution in [0.1, 0.15) is 17.6 Å². The van der Waals surface area contributed by atoms with Crippen molar-refractivity contribution in [3.63, 3.8) is 0 Å². The summed E-state index contributed by atoms with van der Waals surface area (Å²) in [5.74, 6) is 0.704. The number of phenols is 1. The highest BCUT2D eigenvalue weighted by atomic mass is 16.5. The number of nitrogens with one attached hydrogen (secondary N) is 1. The molecule has 0 aliphatic heterocycles. The SMILES string of the molecule is Cc1ccccc1OC(=O)CNC(O)c1nc(-c2ccc3ccc(O)cc3c2)n(-c2ccccc2)n1. The molecule has 0 saturated carbocycles. The Hall–Kier alpha value is -4.53. The van der Waals surface area contributed by atoms with E-state index in [1.54, 1.807) is 28.9 Å². The zero-order valence-corrected chi connectivity index (χ0v) is 19.5. The van der Waals surface area contributed by atoms with Gasteiger partial charge in [0.05, 0.1) is 12.2 Å². The van der Waals surface area contributed by atoms with Gasteiger partial charge in [-0.05, 0) is 59.7 Å². The topological polar surface area (TPSA) is 110 Å². The van der Waals surface area contributed by atoms with E-state index in [0.29, 0.717) is 11.6 Å². The van der Waals surface area contributed by atoms with Crippen molar-refractivity contribution in [1.82, 2.24) is 20.1 Å². The first kappa shape index (κ1) is 23.2. The molecule has 0 radical (unpaired) electrons. The molecular formula is C28H24N4O4. The molecule has 0 aliphatic rings. The van der Waals surface area contributed by atoms with Gasteiger partial charge < -0.3 is 14.9 Å². The van der Waals surface area contributed by atoms with Gasteiger partial charge in [-0.3, -0.25) is 10.1 Å². The Kier molecular flexibility index (Phi) is 6.44. The van der Waals surface area contributed by atoms with Crippen LogP contribution in [0.3, 0.4) is 0 Å². The Labute approximate surface area is 207 Å². The smallest absolute Gasteiger partial charge is 0.325 e. The number of aliphatic hydroxyl groups excluding tert-OH is 1. The first-order valence-electron chi connectivity index (χ1n) is 11.4. The van der Waals surface area contributed by atoms with Crippen LogP contribution in [0.4, 0.5) is 0 Å². The second-order valence-corrected chi connectivity index (χ2v) is 8.31. The molecule has 0 amide bonds. The fourth-order valence-electron chi connectivity index (χ4n) is 3.85. The van der Waals surface area contributed by atoms with Crippen LogP contribution >= 0.6 is 0 Å². The fourth-order valence-corrected chi connectivity index (χ4v) is 3.85. The number of phenolic OH excluding ortho intramolecular Hbond substituents is 1. The van der Waals surface area contributed by atoms with E-state index < -0.39 is 12.2 Å². The van der Waals surface area contributed by atoms with E-state index in [1.165, 1.54) is 0 Å². The second kappa shape index (κ2) is 9.99. The van der Waals surface area contributed by atoms with Crippen molar-refractivity contribution in [2.75, 3.05) is 6.54 Å². The predicted molar refractivity (Wildman–Crippen MR) is 136 cm³/mol. The maximum atomic E-state index is 12.3. The molecule has 0 aliphatic carbocycles. The largest absolute Gasteiger partial charge is 0.508 e. The highest BCUT2D eigenvalue weighted by molar-refractivity contribution is 5.87. The summed E-state index contributed by atoms with van der Waals surface area (Å²) >= 11 is 0. The number of para-hydroxylation sites is 2. The molecular weight excluding hydrogens is 456 g/mol. The van der Waals surface area contributed by atoms with Gasteiger partial charge in [0.25, 0.3) is 0 Å². The normalized spacial score (nSPS) is 11.9. The molecule has 1 unspecified atom stereocenters. The lowest BCUT2D eigenvalue weighted by Crippen LogP contribution is -2.30. The van der Waals surface area contributed by atoms with Crippen LogP contribution in [0.2, 0.25) is 0 Å². The number of hydrogen-bond donors (Lipinski definition) is 3. The van der Waals surface area contributed by atoms with Crippen LogP contribution in [-0.4, -0.2) is 37.5 Å². The van der Waals surface area contributed by atoms with Crippen molar-refractivity contribution in [2.24, 2.45) is 0 Å². The van der Waals surface area contributed by atoms with E-state index in [0.717, 1.165) is 27.6 Å². The minimum atomic E-state index is -1.30. The maximum Gasteiger partial charge on any atom is 0.325 e. The number of esters is 1. The molecule has 8 nitrogen and oxygen atoms in total. The molecule has 8 heteroatoms. The lowest BCUT2D eigenvalue weighted by atomic mass is 10.1. The monoisotopic (exact) mass is 480 g/mol. The molecule has 5 rings (SSSR count). The average molecular weight is 481 g/mol. The number of carbonyl (C=O) groups excluding carboxylic acids is 1. The van der Waals surface area contributed by atoms with Gasteiger partial charge in [0.15, 0.2) is 17.9 Å². The minimum absolute atomic E-state index is 0.105. The number of aryl methyl sites for hydroxylation is 1. The Morgan fingerprint density at radius 1 is 0.972 bits per heavy atom. The van der Waals surface area contributed by atoms with E-state index in [9.17, 15) is 15.0 Å². The van der Waals surface area contributed by atoms with E-state index in [4.69, 9.17) is 4.74 Å². The molecule has 0 saturated heterocycles. The summed E-state index contributed by atoms with van der Waals surface area (Å²) in [6.07, 6.45) is -1.30. The van der Waals surface area contributed by atoms with Gasteiger partial charge in [-0.15, -0.1) is 5.10 Å². The second-order valence-electron chi connectivity index (χ2n) is 8.31. The number of fused-ring (bicyclic) bond motifs is 1. The van der Waals surface area contributed by atoms with Crippen molar-refractivity contribution in [1.29, 1.82) is 0 Å². The van der Waals surface area contributed by atoms with Crippen molar-refractivity contribution >= 4 is 16.7 Å². The van der Waals surface area contributed by atoms with Gasteiger partial charge in [-0.25, -0.2) is 9.67 Å². The van der Waals surface area contributed by atoms with E-state index in [-0.39, 0.29) is 18.1 Å². The van der Waals surface area contributed by atoms with Crippen LogP contribution in [-0.2, 0) is 4.79 Å². The third-order valence-corrected chi connectivity index (χ3v) is 5.71. The lowest BCUT2D eigenvalue weighted by molar-refractivity contribution is -0.134. The lowest BCUT2D eigenvalue weighted by Gasteiger charge is -2.10. The molecule has 1 atom stereocenters. The molecule has 0 spiro atoms. The number of hydrogen-bond acceptors (Lipinski definition) is 7. The number of carbonyl (C=O) groups is 1. The van der Waals surface area contributed by atoms with Gasteiger partial charge in [-0.2, -0.15) is 0 Å². The Bertz CT molecular complexity index is 1530. The summed E-state index contributed by atoms with van der Waals surface area (Å²) in [7, 11) is 0. The molecule has 4 aromatic carbocycles. The minimum Gasteiger partial charge on any atom is -0.508 e. The van der Waals surface area contributed by atoms with Gasteiger partial charge in [-0.1, -0.05) is 54.6 Å². The van der Waals surface area contributed by atoms with Crippen molar-refractivity contribution in [2.45, 2.75) is 13.2 Å². The van der Waals surface area contributed by atoms with Crippen LogP contribution in [0.25, 0.3) is 27.8 Å². The van der Waals surface area contributed by atoms with Crippen LogP contribution in [0, 0.1) is 6.92 Å². The maximum absolute atomic E-state index is 12.3. The van der Waals surface area contributed by atoms with Gasteiger partial charge >= 0.3 is 5.97 Å². The number of rotatable bonds is 7. The predicted octanol–water partition coefficient (Wildman–Crippen LogP) is 4.29. The van der Waals surface area contributed by atoms with Crippen molar-refractivity contribution < 1.29 is 19.7 Å². The highest BCUT2D eigenvalue weighted by Crippen LogP contribution is 2.28. The van der Waals surface area contributed by atoms with Crippen LogP contribution in [0.5, 0.6) is 11.5 Å². The van der Waals surface area contributed by atoms with Crippen LogP contribution < -0.4 is 10.1 Å².